The topological polar surface area (TPSA) is 42.4 Å². The molecule has 29 heavy (non-hydrogen) atoms. The van der Waals surface area contributed by atoms with Crippen LogP contribution < -0.4 is 4.74 Å². The number of halogens is 3. The molecule has 1 unspecified atom stereocenters. The number of ether oxygens (including phenoxy) is 1. The van der Waals surface area contributed by atoms with Crippen LogP contribution in [0.3, 0.4) is 0 Å². The number of nitrogens with zero attached hydrogens (tertiary/aromatic N) is 1. The number of aromatic nitrogens is 1. The van der Waals surface area contributed by atoms with Gasteiger partial charge >= 0.3 is 6.18 Å². The molecule has 0 aliphatic rings. The van der Waals surface area contributed by atoms with Crippen LogP contribution in [0.2, 0.25) is 0 Å². The van der Waals surface area contributed by atoms with Gasteiger partial charge in [0.2, 0.25) is 0 Å². The SMILES string of the molecule is COc1ccccc1C(C)(C)CC(O)(Cc1ccnc2ccccc12)C(F)(F)F. The smallest absolute Gasteiger partial charge is 0.417 e. The third kappa shape index (κ3) is 4.22. The molecule has 3 rings (SSSR count). The van der Waals surface area contributed by atoms with Crippen LogP contribution in [0, 0.1) is 0 Å². The zero-order valence-corrected chi connectivity index (χ0v) is 16.6. The zero-order chi connectivity index (χ0) is 21.3. The molecular weight excluding hydrogens is 379 g/mol. The molecule has 0 radical (unpaired) electrons. The van der Waals surface area contributed by atoms with Crippen molar-refractivity contribution in [3.05, 3.63) is 71.9 Å². The molecule has 3 aromatic rings. The van der Waals surface area contributed by atoms with E-state index in [2.05, 4.69) is 4.98 Å². The highest BCUT2D eigenvalue weighted by atomic mass is 19.4. The van der Waals surface area contributed by atoms with Crippen molar-refractivity contribution >= 4 is 10.9 Å². The lowest BCUT2D eigenvalue weighted by Gasteiger charge is -2.38. The number of para-hydroxylation sites is 2. The first-order valence-electron chi connectivity index (χ1n) is 9.33. The molecule has 2 aromatic carbocycles. The Morgan fingerprint density at radius 2 is 1.62 bits per heavy atom. The van der Waals surface area contributed by atoms with Gasteiger partial charge in [0.1, 0.15) is 5.75 Å². The van der Waals surface area contributed by atoms with Gasteiger partial charge < -0.3 is 9.84 Å². The highest BCUT2D eigenvalue weighted by Gasteiger charge is 2.56. The van der Waals surface area contributed by atoms with E-state index in [1.807, 2.05) is 0 Å². The van der Waals surface area contributed by atoms with E-state index in [4.69, 9.17) is 4.74 Å². The maximum absolute atomic E-state index is 14.1. The minimum atomic E-state index is -4.81. The van der Waals surface area contributed by atoms with Crippen LogP contribution in [0.15, 0.2) is 60.8 Å². The summed E-state index contributed by atoms with van der Waals surface area (Å²) in [6, 6.07) is 15.5. The number of rotatable bonds is 6. The van der Waals surface area contributed by atoms with Crippen molar-refractivity contribution in [2.75, 3.05) is 7.11 Å². The van der Waals surface area contributed by atoms with Gasteiger partial charge in [-0.15, -0.1) is 0 Å². The van der Waals surface area contributed by atoms with Crippen LogP contribution in [0.1, 0.15) is 31.4 Å². The van der Waals surface area contributed by atoms with Crippen molar-refractivity contribution in [1.82, 2.24) is 4.98 Å². The van der Waals surface area contributed by atoms with Crippen molar-refractivity contribution < 1.29 is 23.0 Å². The van der Waals surface area contributed by atoms with Crippen molar-refractivity contribution in [3.63, 3.8) is 0 Å². The molecule has 0 aliphatic carbocycles. The summed E-state index contributed by atoms with van der Waals surface area (Å²) in [6.07, 6.45) is -4.41. The first-order valence-corrected chi connectivity index (χ1v) is 9.33. The van der Waals surface area contributed by atoms with Gasteiger partial charge in [0.05, 0.1) is 12.6 Å². The number of methoxy groups -OCH3 is 1. The number of aliphatic hydroxyl groups is 1. The van der Waals surface area contributed by atoms with Crippen LogP contribution in [0.5, 0.6) is 5.75 Å². The first-order chi connectivity index (χ1) is 13.6. The maximum atomic E-state index is 14.1. The average Bonchev–Trinajstić information content (AvgIpc) is 2.67. The van der Waals surface area contributed by atoms with Gasteiger partial charge in [-0.25, -0.2) is 0 Å². The molecule has 3 nitrogen and oxygen atoms in total. The third-order valence-electron chi connectivity index (χ3n) is 5.32. The zero-order valence-electron chi connectivity index (χ0n) is 16.6. The summed E-state index contributed by atoms with van der Waals surface area (Å²) < 4.78 is 47.7. The van der Waals surface area contributed by atoms with E-state index in [1.54, 1.807) is 62.4 Å². The molecule has 0 aliphatic heterocycles. The fourth-order valence-corrected chi connectivity index (χ4v) is 3.92. The Morgan fingerprint density at radius 1 is 0.966 bits per heavy atom. The molecule has 0 bridgehead atoms. The molecule has 1 aromatic heterocycles. The van der Waals surface area contributed by atoms with Gasteiger partial charge in [-0.05, 0) is 41.2 Å². The molecule has 154 valence electrons. The van der Waals surface area contributed by atoms with Gasteiger partial charge in [-0.2, -0.15) is 13.2 Å². The van der Waals surface area contributed by atoms with Crippen molar-refractivity contribution in [3.8, 4) is 5.75 Å². The second kappa shape index (κ2) is 7.67. The van der Waals surface area contributed by atoms with Crippen LogP contribution >= 0.6 is 0 Å². The second-order valence-electron chi connectivity index (χ2n) is 7.95. The summed E-state index contributed by atoms with van der Waals surface area (Å²) in [5.41, 5.74) is -2.28. The Hall–Kier alpha value is -2.60. The van der Waals surface area contributed by atoms with E-state index in [1.165, 1.54) is 19.4 Å². The largest absolute Gasteiger partial charge is 0.496 e. The number of hydrogen-bond donors (Lipinski definition) is 1. The van der Waals surface area contributed by atoms with Gasteiger partial charge in [0.15, 0.2) is 5.60 Å². The normalized spacial score (nSPS) is 14.6. The molecule has 0 spiro atoms. The predicted octanol–water partition coefficient (Wildman–Crippen LogP) is 5.45. The Bertz CT molecular complexity index is 995. The second-order valence-corrected chi connectivity index (χ2v) is 7.95. The molecule has 1 N–H and O–H groups in total. The van der Waals surface area contributed by atoms with Crippen molar-refractivity contribution in [1.29, 1.82) is 0 Å². The van der Waals surface area contributed by atoms with E-state index in [0.29, 0.717) is 27.8 Å². The Kier molecular flexibility index (Phi) is 5.59. The lowest BCUT2D eigenvalue weighted by Crippen LogP contribution is -2.50. The van der Waals surface area contributed by atoms with Crippen LogP contribution in [-0.2, 0) is 11.8 Å². The average molecular weight is 403 g/mol. The standard InChI is InChI=1S/C23H24F3NO2/c1-21(2,18-9-5-7-11-20(18)29-3)15-22(28,23(24,25)26)14-16-12-13-27-19-10-6-4-8-17(16)19/h4-13,28H,14-15H2,1-3H3. The molecule has 0 fully saturated rings. The van der Waals surface area contributed by atoms with Crippen LogP contribution in [-0.4, -0.2) is 29.0 Å². The van der Waals surface area contributed by atoms with Crippen LogP contribution in [0.4, 0.5) is 13.2 Å². The van der Waals surface area contributed by atoms with E-state index in [9.17, 15) is 18.3 Å². The van der Waals surface area contributed by atoms with Crippen molar-refractivity contribution in [2.24, 2.45) is 0 Å². The molecule has 0 saturated heterocycles. The number of pyridine rings is 1. The highest BCUT2D eigenvalue weighted by molar-refractivity contribution is 5.81. The van der Waals surface area contributed by atoms with Gasteiger partial charge in [0, 0.05) is 18.0 Å². The monoisotopic (exact) mass is 403 g/mol. The predicted molar refractivity (Wildman–Crippen MR) is 107 cm³/mol. The summed E-state index contributed by atoms with van der Waals surface area (Å²) in [4.78, 5) is 4.20. The molecule has 1 heterocycles. The van der Waals surface area contributed by atoms with Gasteiger partial charge in [-0.3, -0.25) is 4.98 Å². The van der Waals surface area contributed by atoms with E-state index in [0.717, 1.165) is 0 Å². The molecule has 6 heteroatoms. The first kappa shape index (κ1) is 21.1. The minimum absolute atomic E-state index is 0.409. The summed E-state index contributed by atoms with van der Waals surface area (Å²) >= 11 is 0. The summed E-state index contributed by atoms with van der Waals surface area (Å²) in [5.74, 6) is 0.497. The molecular formula is C23H24F3NO2. The minimum Gasteiger partial charge on any atom is -0.496 e. The molecule has 0 amide bonds. The summed E-state index contributed by atoms with van der Waals surface area (Å²) in [7, 11) is 1.48. The van der Waals surface area contributed by atoms with Crippen molar-refractivity contribution in [2.45, 2.75) is 43.9 Å². The maximum Gasteiger partial charge on any atom is 0.417 e. The fraction of sp³-hybridized carbons (Fsp3) is 0.348. The number of hydrogen-bond acceptors (Lipinski definition) is 3. The Balaban J connectivity index is 2.03. The quantitative estimate of drug-likeness (QED) is 0.595. The fourth-order valence-electron chi connectivity index (χ4n) is 3.92. The summed E-state index contributed by atoms with van der Waals surface area (Å²) in [6.45, 7) is 3.37. The summed E-state index contributed by atoms with van der Waals surface area (Å²) in [5, 5.41) is 11.5. The third-order valence-corrected chi connectivity index (χ3v) is 5.32. The number of fused-ring (bicyclic) bond motifs is 1. The lowest BCUT2D eigenvalue weighted by molar-refractivity contribution is -0.266. The molecule has 0 saturated carbocycles. The number of benzene rings is 2. The Morgan fingerprint density at radius 3 is 2.31 bits per heavy atom. The van der Waals surface area contributed by atoms with Gasteiger partial charge in [-0.1, -0.05) is 50.2 Å². The highest BCUT2D eigenvalue weighted by Crippen LogP contribution is 2.45. The van der Waals surface area contributed by atoms with E-state index >= 15 is 0 Å². The van der Waals surface area contributed by atoms with E-state index < -0.39 is 30.0 Å². The van der Waals surface area contributed by atoms with Gasteiger partial charge in [0.25, 0.3) is 0 Å². The van der Waals surface area contributed by atoms with E-state index in [-0.39, 0.29) is 0 Å². The Labute approximate surface area is 168 Å². The number of alkyl halides is 3. The lowest BCUT2D eigenvalue weighted by atomic mass is 9.72. The van der Waals surface area contributed by atoms with Crippen LogP contribution in [0.25, 0.3) is 10.9 Å². The molecule has 1 atom stereocenters.